The van der Waals surface area contributed by atoms with Crippen LogP contribution in [0.2, 0.25) is 0 Å². The molecule has 0 aliphatic carbocycles. The molecular formula is C9H9NO3. The van der Waals surface area contributed by atoms with Gasteiger partial charge in [-0.2, -0.15) is 0 Å². The normalized spacial score (nSPS) is 16.8. The number of aliphatic hydroxyl groups is 1. The third-order valence-electron chi connectivity index (χ3n) is 1.84. The Labute approximate surface area is 75.2 Å². The van der Waals surface area contributed by atoms with Crippen LogP contribution in [0.3, 0.4) is 0 Å². The van der Waals surface area contributed by atoms with Crippen LogP contribution >= 0.6 is 0 Å². The van der Waals surface area contributed by atoms with Crippen LogP contribution in [0.4, 0.5) is 0 Å². The summed E-state index contributed by atoms with van der Waals surface area (Å²) in [5.74, 6) is 0.0358. The maximum absolute atomic E-state index is 9.37. The molecule has 0 atom stereocenters. The van der Waals surface area contributed by atoms with Crippen molar-refractivity contribution in [2.45, 2.75) is 0 Å². The number of hydroxylamine groups is 2. The summed E-state index contributed by atoms with van der Waals surface area (Å²) in [6.45, 7) is 0.0146. The molecule has 0 unspecified atom stereocenters. The van der Waals surface area contributed by atoms with E-state index in [1.807, 2.05) is 18.2 Å². The minimum Gasteiger partial charge on any atom is -0.507 e. The third kappa shape index (κ3) is 1.37. The molecule has 1 heterocycles. The van der Waals surface area contributed by atoms with E-state index in [-0.39, 0.29) is 12.4 Å². The van der Waals surface area contributed by atoms with E-state index < -0.39 is 0 Å². The second-order valence-corrected chi connectivity index (χ2v) is 2.71. The van der Waals surface area contributed by atoms with Gasteiger partial charge in [-0.1, -0.05) is 30.3 Å². The van der Waals surface area contributed by atoms with Gasteiger partial charge in [-0.05, 0) is 0 Å². The van der Waals surface area contributed by atoms with E-state index in [2.05, 4.69) is 0 Å². The van der Waals surface area contributed by atoms with Gasteiger partial charge in [0.1, 0.15) is 18.1 Å². The summed E-state index contributed by atoms with van der Waals surface area (Å²) >= 11 is 0. The number of hydrogen-bond acceptors (Lipinski definition) is 4. The third-order valence-corrected chi connectivity index (χ3v) is 1.84. The standard InChI is InChI=1S/C9H9NO3/c11-8-6-13-10(12)9(8)7-4-2-1-3-5-7/h1-5,11-12H,6H2. The highest BCUT2D eigenvalue weighted by Gasteiger charge is 2.23. The van der Waals surface area contributed by atoms with Gasteiger partial charge in [0.15, 0.2) is 0 Å². The molecule has 1 aliphatic heterocycles. The van der Waals surface area contributed by atoms with E-state index in [0.717, 1.165) is 5.56 Å². The molecule has 1 aliphatic rings. The highest BCUT2D eigenvalue weighted by Crippen LogP contribution is 2.25. The zero-order valence-electron chi connectivity index (χ0n) is 6.84. The number of rotatable bonds is 1. The fraction of sp³-hybridized carbons (Fsp3) is 0.111. The van der Waals surface area contributed by atoms with E-state index in [1.165, 1.54) is 0 Å². The van der Waals surface area contributed by atoms with Crippen molar-refractivity contribution in [1.82, 2.24) is 5.23 Å². The smallest absolute Gasteiger partial charge is 0.150 e. The molecule has 4 nitrogen and oxygen atoms in total. The number of hydrogen-bond donors (Lipinski definition) is 2. The van der Waals surface area contributed by atoms with Crippen LogP contribution in [0.1, 0.15) is 5.56 Å². The van der Waals surface area contributed by atoms with Gasteiger partial charge in [-0.15, -0.1) is 5.23 Å². The molecular weight excluding hydrogens is 170 g/mol. The monoisotopic (exact) mass is 179 g/mol. The van der Waals surface area contributed by atoms with E-state index in [0.29, 0.717) is 10.9 Å². The maximum Gasteiger partial charge on any atom is 0.150 e. The Balaban J connectivity index is 2.41. The molecule has 0 radical (unpaired) electrons. The molecule has 13 heavy (non-hydrogen) atoms. The van der Waals surface area contributed by atoms with E-state index in [1.54, 1.807) is 12.1 Å². The minimum atomic E-state index is 0.0146. The molecule has 68 valence electrons. The van der Waals surface area contributed by atoms with E-state index >= 15 is 0 Å². The van der Waals surface area contributed by atoms with Crippen molar-refractivity contribution in [2.24, 2.45) is 0 Å². The second-order valence-electron chi connectivity index (χ2n) is 2.71. The van der Waals surface area contributed by atoms with Crippen molar-refractivity contribution in [3.63, 3.8) is 0 Å². The van der Waals surface area contributed by atoms with Crippen LogP contribution in [-0.4, -0.2) is 22.1 Å². The lowest BCUT2D eigenvalue weighted by Gasteiger charge is -2.10. The number of benzene rings is 1. The highest BCUT2D eigenvalue weighted by atomic mass is 16.9. The van der Waals surface area contributed by atoms with Crippen LogP contribution in [-0.2, 0) is 4.84 Å². The molecule has 2 rings (SSSR count). The van der Waals surface area contributed by atoms with Crippen LogP contribution in [0.25, 0.3) is 5.70 Å². The molecule has 1 aromatic carbocycles. The van der Waals surface area contributed by atoms with Crippen molar-refractivity contribution in [3.05, 3.63) is 41.7 Å². The molecule has 0 fully saturated rings. The molecule has 0 spiro atoms. The molecule has 0 saturated carbocycles. The summed E-state index contributed by atoms with van der Waals surface area (Å²) in [4.78, 5) is 4.70. The predicted octanol–water partition coefficient (Wildman–Crippen LogP) is 1.55. The van der Waals surface area contributed by atoms with Crippen molar-refractivity contribution >= 4 is 5.70 Å². The molecule has 0 amide bonds. The zero-order chi connectivity index (χ0) is 9.26. The van der Waals surface area contributed by atoms with E-state index in [4.69, 9.17) is 4.84 Å². The molecule has 2 N–H and O–H groups in total. The summed E-state index contributed by atoms with van der Waals surface area (Å²) in [5.41, 5.74) is 1.03. The Morgan fingerprint density at radius 2 is 1.92 bits per heavy atom. The lowest BCUT2D eigenvalue weighted by molar-refractivity contribution is -0.278. The van der Waals surface area contributed by atoms with Gasteiger partial charge in [0, 0.05) is 5.56 Å². The van der Waals surface area contributed by atoms with Gasteiger partial charge < -0.3 is 5.11 Å². The van der Waals surface area contributed by atoms with Crippen LogP contribution in [0, 0.1) is 0 Å². The first-order valence-corrected chi connectivity index (χ1v) is 3.88. The van der Waals surface area contributed by atoms with Gasteiger partial charge in [-0.25, -0.2) is 4.84 Å². The first-order chi connectivity index (χ1) is 6.29. The lowest BCUT2D eigenvalue weighted by atomic mass is 10.1. The average molecular weight is 179 g/mol. The second kappa shape index (κ2) is 3.08. The fourth-order valence-corrected chi connectivity index (χ4v) is 1.24. The zero-order valence-corrected chi connectivity index (χ0v) is 6.84. The van der Waals surface area contributed by atoms with Crippen molar-refractivity contribution in [3.8, 4) is 0 Å². The maximum atomic E-state index is 9.37. The fourth-order valence-electron chi connectivity index (χ4n) is 1.24. The lowest BCUT2D eigenvalue weighted by Crippen LogP contribution is -2.11. The SMILES string of the molecule is OC1=C(c2ccccc2)N(O)OC1. The van der Waals surface area contributed by atoms with Crippen molar-refractivity contribution in [1.29, 1.82) is 0 Å². The Morgan fingerprint density at radius 3 is 2.46 bits per heavy atom. The minimum absolute atomic E-state index is 0.0146. The van der Waals surface area contributed by atoms with Gasteiger partial charge in [-0.3, -0.25) is 5.21 Å². The quantitative estimate of drug-likeness (QED) is 0.686. The molecule has 0 aromatic heterocycles. The molecule has 0 saturated heterocycles. The van der Waals surface area contributed by atoms with Crippen LogP contribution in [0.15, 0.2) is 36.1 Å². The summed E-state index contributed by atoms with van der Waals surface area (Å²) in [7, 11) is 0. The summed E-state index contributed by atoms with van der Waals surface area (Å²) in [6, 6.07) is 9.06. The Morgan fingerprint density at radius 1 is 1.23 bits per heavy atom. The molecule has 1 aromatic rings. The highest BCUT2D eigenvalue weighted by molar-refractivity contribution is 5.65. The summed E-state index contributed by atoms with van der Waals surface area (Å²) in [6.07, 6.45) is 0. The molecule has 4 heteroatoms. The Bertz CT molecular complexity index is 334. The van der Waals surface area contributed by atoms with Crippen LogP contribution < -0.4 is 0 Å². The van der Waals surface area contributed by atoms with Gasteiger partial charge in [0.2, 0.25) is 0 Å². The van der Waals surface area contributed by atoms with Gasteiger partial charge in [0.25, 0.3) is 0 Å². The average Bonchev–Trinajstić information content (AvgIpc) is 2.48. The van der Waals surface area contributed by atoms with Gasteiger partial charge >= 0.3 is 0 Å². The predicted molar refractivity (Wildman–Crippen MR) is 45.6 cm³/mol. The van der Waals surface area contributed by atoms with Crippen molar-refractivity contribution < 1.29 is 15.2 Å². The first-order valence-electron chi connectivity index (χ1n) is 3.88. The molecule has 0 bridgehead atoms. The Kier molecular flexibility index (Phi) is 1.92. The van der Waals surface area contributed by atoms with Crippen molar-refractivity contribution in [2.75, 3.05) is 6.61 Å². The number of aliphatic hydroxyl groups excluding tert-OH is 1. The largest absolute Gasteiger partial charge is 0.507 e. The Hall–Kier alpha value is -1.52. The topological polar surface area (TPSA) is 52.9 Å². The van der Waals surface area contributed by atoms with E-state index in [9.17, 15) is 10.3 Å². The van der Waals surface area contributed by atoms with Crippen LogP contribution in [0.5, 0.6) is 0 Å². The first kappa shape index (κ1) is 8.10. The summed E-state index contributed by atoms with van der Waals surface area (Å²) in [5, 5.41) is 19.2. The number of nitrogens with zero attached hydrogens (tertiary/aromatic N) is 1. The summed E-state index contributed by atoms with van der Waals surface area (Å²) < 4.78 is 0. The van der Waals surface area contributed by atoms with Gasteiger partial charge in [0.05, 0.1) is 0 Å².